The Balaban J connectivity index is 1.14. The fraction of sp³-hybridized carbons (Fsp3) is 0.300. The molecule has 0 spiro atoms. The number of anilines is 1. The first-order valence-electron chi connectivity index (χ1n) is 9.87. The maximum atomic E-state index is 5.88. The van der Waals surface area contributed by atoms with Crippen LogP contribution < -0.4 is 9.64 Å². The Morgan fingerprint density at radius 2 is 1.94 bits per heavy atom. The highest BCUT2D eigenvalue weighted by Gasteiger charge is 2.24. The van der Waals surface area contributed by atoms with Gasteiger partial charge < -0.3 is 9.64 Å². The molecule has 0 aromatic carbocycles. The van der Waals surface area contributed by atoms with Crippen molar-refractivity contribution in [3.63, 3.8) is 0 Å². The van der Waals surface area contributed by atoms with E-state index in [9.17, 15) is 0 Å². The molecule has 4 aromatic heterocycles. The lowest BCUT2D eigenvalue weighted by atomic mass is 9.98. The predicted octanol–water partition coefficient (Wildman–Crippen LogP) is 3.53. The summed E-state index contributed by atoms with van der Waals surface area (Å²) in [5, 5.41) is 11.5. The van der Waals surface area contributed by atoms with E-state index in [1.165, 1.54) is 0 Å². The highest BCUT2D eigenvalue weighted by atomic mass is 35.5. The maximum Gasteiger partial charge on any atom is 0.225 e. The maximum absolute atomic E-state index is 5.88. The van der Waals surface area contributed by atoms with Gasteiger partial charge in [-0.05, 0) is 25.0 Å². The summed E-state index contributed by atoms with van der Waals surface area (Å²) in [5.41, 5.74) is 0.934. The summed E-state index contributed by atoms with van der Waals surface area (Å²) in [6, 6.07) is 3.71. The standard InChI is InChI=1S/C20H19ClN8OS/c21-15-9-23-20(24-10-15)28-6-3-14(4-7-28)19-26-16(13-31-19)12-30-17-1-2-18(22-11-17)29-8-5-25-27-29/h1-2,5,8-11,13-14H,3-4,6-7,12H2. The van der Waals surface area contributed by atoms with E-state index in [-0.39, 0.29) is 0 Å². The van der Waals surface area contributed by atoms with Gasteiger partial charge in [0.15, 0.2) is 5.82 Å². The number of piperidine rings is 1. The van der Waals surface area contributed by atoms with Crippen LogP contribution in [-0.2, 0) is 6.61 Å². The molecule has 0 aliphatic carbocycles. The molecule has 158 valence electrons. The van der Waals surface area contributed by atoms with Crippen molar-refractivity contribution in [3.05, 3.63) is 64.2 Å². The molecule has 0 amide bonds. The smallest absolute Gasteiger partial charge is 0.225 e. The van der Waals surface area contributed by atoms with Crippen molar-refractivity contribution in [2.45, 2.75) is 25.4 Å². The summed E-state index contributed by atoms with van der Waals surface area (Å²) < 4.78 is 7.45. The van der Waals surface area contributed by atoms with E-state index < -0.39 is 0 Å². The van der Waals surface area contributed by atoms with Gasteiger partial charge in [-0.2, -0.15) is 0 Å². The Labute approximate surface area is 187 Å². The number of ether oxygens (including phenoxy) is 1. The third-order valence-electron chi connectivity index (χ3n) is 5.07. The minimum atomic E-state index is 0.415. The molecular weight excluding hydrogens is 436 g/mol. The van der Waals surface area contributed by atoms with Crippen LogP contribution in [0.5, 0.6) is 5.75 Å². The molecule has 1 aliphatic rings. The monoisotopic (exact) mass is 454 g/mol. The van der Waals surface area contributed by atoms with E-state index in [4.69, 9.17) is 21.3 Å². The van der Waals surface area contributed by atoms with Gasteiger partial charge in [0.2, 0.25) is 5.95 Å². The Morgan fingerprint density at radius 3 is 2.65 bits per heavy atom. The Morgan fingerprint density at radius 1 is 1.10 bits per heavy atom. The normalized spacial score (nSPS) is 14.7. The summed E-state index contributed by atoms with van der Waals surface area (Å²) in [6.45, 7) is 2.22. The van der Waals surface area contributed by atoms with Crippen molar-refractivity contribution in [1.82, 2.24) is 34.9 Å². The molecule has 1 fully saturated rings. The van der Waals surface area contributed by atoms with E-state index in [1.807, 2.05) is 12.1 Å². The lowest BCUT2D eigenvalue weighted by molar-refractivity contribution is 0.300. The van der Waals surface area contributed by atoms with E-state index in [0.717, 1.165) is 42.6 Å². The molecule has 4 aromatic rings. The molecule has 0 N–H and O–H groups in total. The number of nitrogens with zero attached hydrogens (tertiary/aromatic N) is 8. The van der Waals surface area contributed by atoms with E-state index in [1.54, 1.807) is 47.0 Å². The van der Waals surface area contributed by atoms with Crippen LogP contribution in [0.2, 0.25) is 5.02 Å². The molecule has 11 heteroatoms. The van der Waals surface area contributed by atoms with Crippen molar-refractivity contribution in [2.24, 2.45) is 0 Å². The molecule has 0 saturated carbocycles. The average molecular weight is 455 g/mol. The van der Waals surface area contributed by atoms with Gasteiger partial charge in [0.1, 0.15) is 12.4 Å². The summed E-state index contributed by atoms with van der Waals surface area (Å²) in [7, 11) is 0. The van der Waals surface area contributed by atoms with Crippen LogP contribution in [0.25, 0.3) is 5.82 Å². The van der Waals surface area contributed by atoms with Crippen LogP contribution in [-0.4, -0.2) is 48.0 Å². The van der Waals surface area contributed by atoms with Crippen LogP contribution in [0.4, 0.5) is 5.95 Å². The fourth-order valence-corrected chi connectivity index (χ4v) is 4.53. The minimum absolute atomic E-state index is 0.415. The third kappa shape index (κ3) is 4.64. The average Bonchev–Trinajstić information content (AvgIpc) is 3.51. The summed E-state index contributed by atoms with van der Waals surface area (Å²) in [6.07, 6.45) is 10.4. The molecule has 0 atom stereocenters. The van der Waals surface area contributed by atoms with Crippen LogP contribution in [0, 0.1) is 0 Å². The number of pyridine rings is 1. The zero-order valence-electron chi connectivity index (χ0n) is 16.5. The quantitative estimate of drug-likeness (QED) is 0.436. The number of hydrogen-bond donors (Lipinski definition) is 0. The zero-order valence-corrected chi connectivity index (χ0v) is 18.1. The third-order valence-corrected chi connectivity index (χ3v) is 6.32. The second kappa shape index (κ2) is 8.94. The van der Waals surface area contributed by atoms with E-state index >= 15 is 0 Å². The zero-order chi connectivity index (χ0) is 21.0. The van der Waals surface area contributed by atoms with Crippen molar-refractivity contribution in [1.29, 1.82) is 0 Å². The van der Waals surface area contributed by atoms with Gasteiger partial charge in [-0.25, -0.2) is 24.6 Å². The van der Waals surface area contributed by atoms with E-state index in [0.29, 0.717) is 29.1 Å². The molecule has 0 bridgehead atoms. The molecule has 0 radical (unpaired) electrons. The second-order valence-corrected chi connectivity index (χ2v) is 8.45. The van der Waals surface area contributed by atoms with Gasteiger partial charge in [-0.3, -0.25) is 0 Å². The lowest BCUT2D eigenvalue weighted by Crippen LogP contribution is -2.34. The first-order chi connectivity index (χ1) is 15.2. The van der Waals surface area contributed by atoms with Crippen LogP contribution in [0.15, 0.2) is 48.5 Å². The molecule has 31 heavy (non-hydrogen) atoms. The molecule has 0 unspecified atom stereocenters. The molecule has 1 saturated heterocycles. The molecule has 1 aliphatic heterocycles. The highest BCUT2D eigenvalue weighted by molar-refractivity contribution is 7.09. The molecule has 5 rings (SSSR count). The minimum Gasteiger partial charge on any atom is -0.486 e. The fourth-order valence-electron chi connectivity index (χ4n) is 3.45. The number of aromatic nitrogens is 7. The van der Waals surface area contributed by atoms with E-state index in [2.05, 4.69) is 35.5 Å². The second-order valence-electron chi connectivity index (χ2n) is 7.13. The topological polar surface area (TPSA) is 94.7 Å². The Hall–Kier alpha value is -3.11. The highest BCUT2D eigenvalue weighted by Crippen LogP contribution is 2.31. The number of hydrogen-bond acceptors (Lipinski definition) is 9. The van der Waals surface area contributed by atoms with Gasteiger partial charge in [0.05, 0.1) is 46.7 Å². The Kier molecular flexibility index (Phi) is 5.72. The van der Waals surface area contributed by atoms with Gasteiger partial charge >= 0.3 is 0 Å². The van der Waals surface area contributed by atoms with Crippen LogP contribution >= 0.6 is 22.9 Å². The molecular formula is C20H19ClN8OS. The van der Waals surface area contributed by atoms with Gasteiger partial charge in [0.25, 0.3) is 0 Å². The predicted molar refractivity (Wildman–Crippen MR) is 117 cm³/mol. The number of thiazole rings is 1. The van der Waals surface area contributed by atoms with Crippen molar-refractivity contribution >= 4 is 28.9 Å². The van der Waals surface area contributed by atoms with Crippen LogP contribution in [0.1, 0.15) is 29.5 Å². The van der Waals surface area contributed by atoms with Crippen molar-refractivity contribution in [2.75, 3.05) is 18.0 Å². The number of rotatable bonds is 6. The van der Waals surface area contributed by atoms with Crippen LogP contribution in [0.3, 0.4) is 0 Å². The number of halogens is 1. The summed E-state index contributed by atoms with van der Waals surface area (Å²) in [5.74, 6) is 2.57. The molecule has 9 nitrogen and oxygen atoms in total. The largest absolute Gasteiger partial charge is 0.486 e. The summed E-state index contributed by atoms with van der Waals surface area (Å²) >= 11 is 7.58. The SMILES string of the molecule is Clc1cnc(N2CCC(c3nc(COc4ccc(-n5ccnn5)nc4)cs3)CC2)nc1. The lowest BCUT2D eigenvalue weighted by Gasteiger charge is -2.31. The summed E-state index contributed by atoms with van der Waals surface area (Å²) in [4.78, 5) is 20.0. The van der Waals surface area contributed by atoms with Gasteiger partial charge in [-0.1, -0.05) is 16.8 Å². The van der Waals surface area contributed by atoms with Crippen molar-refractivity contribution < 1.29 is 4.74 Å². The Bertz CT molecular complexity index is 1110. The van der Waals surface area contributed by atoms with Crippen molar-refractivity contribution in [3.8, 4) is 11.6 Å². The van der Waals surface area contributed by atoms with Gasteiger partial charge in [-0.15, -0.1) is 16.4 Å². The first-order valence-corrected chi connectivity index (χ1v) is 11.1. The molecule has 5 heterocycles. The first kappa shape index (κ1) is 19.8. The van der Waals surface area contributed by atoms with Gasteiger partial charge in [0, 0.05) is 24.4 Å².